The van der Waals surface area contributed by atoms with Crippen molar-refractivity contribution in [3.63, 3.8) is 0 Å². The Balaban J connectivity index is 1.88. The van der Waals surface area contributed by atoms with E-state index in [1.165, 1.54) is 24.3 Å². The molecule has 0 amide bonds. The van der Waals surface area contributed by atoms with Crippen LogP contribution in [0.4, 0.5) is 0 Å². The first-order valence-electron chi connectivity index (χ1n) is 9.41. The van der Waals surface area contributed by atoms with E-state index in [1.807, 2.05) is 30.3 Å². The van der Waals surface area contributed by atoms with Gasteiger partial charge in [-0.15, -0.1) is 0 Å². The number of pyridine rings is 1. The van der Waals surface area contributed by atoms with Crippen LogP contribution in [0.3, 0.4) is 0 Å². The Kier molecular flexibility index (Phi) is 5.52. The van der Waals surface area contributed by atoms with Crippen molar-refractivity contribution in [3.8, 4) is 11.1 Å². The molecule has 0 atom stereocenters. The number of hydrogen-bond donors (Lipinski definition) is 2. The highest BCUT2D eigenvalue weighted by atomic mass is 35.5. The number of aromatic carboxylic acids is 1. The van der Waals surface area contributed by atoms with Crippen LogP contribution in [0.15, 0.2) is 83.7 Å². The summed E-state index contributed by atoms with van der Waals surface area (Å²) in [5.74, 6) is -1.56. The molecule has 0 saturated heterocycles. The van der Waals surface area contributed by atoms with Crippen LogP contribution in [0.5, 0.6) is 0 Å². The molecule has 5 nitrogen and oxygen atoms in total. The number of aromatic amines is 1. The fourth-order valence-corrected chi connectivity index (χ4v) is 3.61. The lowest BCUT2D eigenvalue weighted by Crippen LogP contribution is -2.18. The van der Waals surface area contributed by atoms with E-state index in [1.54, 1.807) is 30.3 Å². The molecule has 0 spiro atoms. The Hall–Kier alpha value is -3.96. The van der Waals surface area contributed by atoms with Crippen molar-refractivity contribution in [2.45, 2.75) is 0 Å². The lowest BCUT2D eigenvalue weighted by atomic mass is 9.94. The molecule has 0 aliphatic carbocycles. The van der Waals surface area contributed by atoms with Gasteiger partial charge in [0.05, 0.1) is 11.1 Å². The van der Waals surface area contributed by atoms with Gasteiger partial charge in [-0.3, -0.25) is 9.59 Å². The average molecular weight is 430 g/mol. The number of carbonyl (C=O) groups excluding carboxylic acids is 1. The monoisotopic (exact) mass is 429 g/mol. The quantitative estimate of drug-likeness (QED) is 0.326. The number of nitrogens with one attached hydrogen (secondary N) is 1. The summed E-state index contributed by atoms with van der Waals surface area (Å²) in [5.41, 5.74) is 1.91. The van der Waals surface area contributed by atoms with Gasteiger partial charge in [0.2, 0.25) is 0 Å². The zero-order valence-electron chi connectivity index (χ0n) is 16.1. The van der Waals surface area contributed by atoms with Crippen molar-refractivity contribution >= 4 is 40.3 Å². The summed E-state index contributed by atoms with van der Waals surface area (Å²) >= 11 is 6.19. The fraction of sp³-hybridized carbons (Fsp3) is 0. The predicted octanol–water partition coefficient (Wildman–Crippen LogP) is 5.44. The van der Waals surface area contributed by atoms with Crippen molar-refractivity contribution in [2.75, 3.05) is 0 Å². The van der Waals surface area contributed by atoms with Gasteiger partial charge < -0.3 is 10.1 Å². The minimum absolute atomic E-state index is 0.00777. The van der Waals surface area contributed by atoms with Gasteiger partial charge in [0.15, 0.2) is 5.78 Å². The fourth-order valence-electron chi connectivity index (χ4n) is 3.44. The van der Waals surface area contributed by atoms with Crippen LogP contribution >= 0.6 is 11.6 Å². The number of benzene rings is 3. The minimum atomic E-state index is -1.06. The second-order valence-corrected chi connectivity index (χ2v) is 7.32. The third kappa shape index (κ3) is 4.17. The maximum Gasteiger partial charge on any atom is 0.335 e. The highest BCUT2D eigenvalue weighted by Gasteiger charge is 2.19. The molecule has 0 bridgehead atoms. The van der Waals surface area contributed by atoms with Crippen LogP contribution in [0.2, 0.25) is 5.02 Å². The summed E-state index contributed by atoms with van der Waals surface area (Å²) in [4.78, 5) is 39.9. The van der Waals surface area contributed by atoms with Crippen molar-refractivity contribution in [3.05, 3.63) is 111 Å². The number of rotatable bonds is 5. The molecule has 0 aliphatic heterocycles. The first-order valence-corrected chi connectivity index (χ1v) is 9.78. The third-order valence-electron chi connectivity index (χ3n) is 4.85. The number of aromatic nitrogens is 1. The van der Waals surface area contributed by atoms with Gasteiger partial charge in [-0.2, -0.15) is 0 Å². The van der Waals surface area contributed by atoms with Crippen molar-refractivity contribution in [2.24, 2.45) is 0 Å². The number of fused-ring (bicyclic) bond motifs is 1. The second kappa shape index (κ2) is 8.42. The number of carboxylic acids is 1. The molecular formula is C25H16ClNO4. The Labute approximate surface area is 182 Å². The maximum absolute atomic E-state index is 13.1. The van der Waals surface area contributed by atoms with Crippen LogP contribution < -0.4 is 5.56 Å². The lowest BCUT2D eigenvalue weighted by Gasteiger charge is -2.11. The molecule has 6 heteroatoms. The van der Waals surface area contributed by atoms with Gasteiger partial charge >= 0.3 is 5.97 Å². The first-order chi connectivity index (χ1) is 14.9. The van der Waals surface area contributed by atoms with E-state index in [2.05, 4.69) is 4.98 Å². The van der Waals surface area contributed by atoms with Crippen molar-refractivity contribution in [1.29, 1.82) is 0 Å². The van der Waals surface area contributed by atoms with Gasteiger partial charge in [-0.05, 0) is 47.5 Å². The van der Waals surface area contributed by atoms with E-state index in [9.17, 15) is 14.4 Å². The molecule has 0 fully saturated rings. The average Bonchev–Trinajstić information content (AvgIpc) is 2.77. The third-order valence-corrected chi connectivity index (χ3v) is 5.08. The molecular weight excluding hydrogens is 414 g/mol. The summed E-state index contributed by atoms with van der Waals surface area (Å²) in [6.07, 6.45) is 2.76. The number of ketones is 1. The minimum Gasteiger partial charge on any atom is -0.478 e. The van der Waals surface area contributed by atoms with E-state index in [-0.39, 0.29) is 11.1 Å². The largest absolute Gasteiger partial charge is 0.478 e. The van der Waals surface area contributed by atoms with Crippen molar-refractivity contribution in [1.82, 2.24) is 4.98 Å². The van der Waals surface area contributed by atoms with Crippen LogP contribution in [-0.2, 0) is 0 Å². The topological polar surface area (TPSA) is 87.2 Å². The maximum atomic E-state index is 13.1. The first kappa shape index (κ1) is 20.3. The molecule has 4 aromatic rings. The molecule has 0 unspecified atom stereocenters. The molecule has 1 heterocycles. The molecule has 0 radical (unpaired) electrons. The zero-order valence-corrected chi connectivity index (χ0v) is 16.9. The predicted molar refractivity (Wildman–Crippen MR) is 122 cm³/mol. The number of carboxylic acid groups (broad SMARTS) is 1. The SMILES string of the molecule is O=C(O)c1cccc(C=CC(=O)c2c(-c3ccccc3)c3cc(Cl)ccc3[nH]c2=O)c1. The second-order valence-electron chi connectivity index (χ2n) is 6.89. The number of halogens is 1. The zero-order chi connectivity index (χ0) is 22.0. The molecule has 4 rings (SSSR count). The summed E-state index contributed by atoms with van der Waals surface area (Å²) in [5, 5.41) is 10.3. The van der Waals surface area contributed by atoms with Gasteiger partial charge in [0.25, 0.3) is 5.56 Å². The molecule has 0 aliphatic rings. The molecule has 152 valence electrons. The molecule has 2 N–H and O–H groups in total. The van der Waals surface area contributed by atoms with Crippen LogP contribution in [0, 0.1) is 0 Å². The van der Waals surface area contributed by atoms with E-state index in [4.69, 9.17) is 16.7 Å². The number of hydrogen-bond acceptors (Lipinski definition) is 3. The Morgan fingerprint density at radius 3 is 2.45 bits per heavy atom. The van der Waals surface area contributed by atoms with Gasteiger partial charge in [0, 0.05) is 21.5 Å². The summed E-state index contributed by atoms with van der Waals surface area (Å²) in [7, 11) is 0. The smallest absolute Gasteiger partial charge is 0.335 e. The Morgan fingerprint density at radius 1 is 0.935 bits per heavy atom. The Bertz CT molecular complexity index is 1400. The van der Waals surface area contributed by atoms with Crippen molar-refractivity contribution < 1.29 is 14.7 Å². The summed E-state index contributed by atoms with van der Waals surface area (Å²) in [6, 6.07) is 20.4. The Morgan fingerprint density at radius 2 is 1.71 bits per heavy atom. The van der Waals surface area contributed by atoms with Crippen LogP contribution in [0.25, 0.3) is 28.1 Å². The summed E-state index contributed by atoms with van der Waals surface area (Å²) < 4.78 is 0. The van der Waals surface area contributed by atoms with Crippen LogP contribution in [0.1, 0.15) is 26.3 Å². The highest BCUT2D eigenvalue weighted by molar-refractivity contribution is 6.31. The van der Waals surface area contributed by atoms with Gasteiger partial charge in [0.1, 0.15) is 0 Å². The van der Waals surface area contributed by atoms with Gasteiger partial charge in [-0.1, -0.05) is 60.1 Å². The molecule has 1 aromatic heterocycles. The van der Waals surface area contributed by atoms with E-state index < -0.39 is 17.3 Å². The highest BCUT2D eigenvalue weighted by Crippen LogP contribution is 2.31. The lowest BCUT2D eigenvalue weighted by molar-refractivity contribution is 0.0696. The van der Waals surface area contributed by atoms with Gasteiger partial charge in [-0.25, -0.2) is 4.79 Å². The standard InChI is InChI=1S/C25H16ClNO4/c26-18-10-11-20-19(14-18)22(16-6-2-1-3-7-16)23(24(29)27-20)21(28)12-9-15-5-4-8-17(13-15)25(30)31/h1-14H,(H,27,29)(H,30,31). The van der Waals surface area contributed by atoms with Crippen LogP contribution in [-0.4, -0.2) is 21.8 Å². The van der Waals surface area contributed by atoms with E-state index in [0.717, 1.165) is 0 Å². The molecule has 31 heavy (non-hydrogen) atoms. The number of H-pyrrole nitrogens is 1. The number of allylic oxidation sites excluding steroid dienone is 1. The molecule has 3 aromatic carbocycles. The van der Waals surface area contributed by atoms with E-state index in [0.29, 0.717) is 32.6 Å². The van der Waals surface area contributed by atoms with E-state index >= 15 is 0 Å². The summed E-state index contributed by atoms with van der Waals surface area (Å²) in [6.45, 7) is 0. The molecule has 0 saturated carbocycles. The normalized spacial score (nSPS) is 11.1. The number of carbonyl (C=O) groups is 2.